The molecule has 0 spiro atoms. The molecule has 0 radical (unpaired) electrons. The minimum absolute atomic E-state index is 0.00463. The Morgan fingerprint density at radius 2 is 2.07 bits per heavy atom. The molecule has 2 amide bonds. The molecule has 4 atom stereocenters. The van der Waals surface area contributed by atoms with Crippen LogP contribution in [0.3, 0.4) is 0 Å². The standard InChI is InChI=1S/C24H28ClNO4/c1-4-14(10-15-6-7-16(27)11-19(15)25)5-8-20-21-13(2)9-17-22(18(21)12-30-20)24(29)26(3)23(17)28/h6-7,10-11,17-18,20,22,27H,4-5,8-9,12H2,1-3H3/b14-10+/t17-,18+,20-,22-/m1/s1. The van der Waals surface area contributed by atoms with Gasteiger partial charge in [0.2, 0.25) is 11.8 Å². The van der Waals surface area contributed by atoms with E-state index in [0.29, 0.717) is 18.1 Å². The van der Waals surface area contributed by atoms with E-state index in [2.05, 4.69) is 19.9 Å². The fourth-order valence-electron chi connectivity index (χ4n) is 5.31. The summed E-state index contributed by atoms with van der Waals surface area (Å²) in [5, 5.41) is 10.1. The zero-order chi connectivity index (χ0) is 21.6. The number of hydrogen-bond acceptors (Lipinski definition) is 4. The summed E-state index contributed by atoms with van der Waals surface area (Å²) in [5.74, 6) is -0.404. The SMILES string of the molecule is CC/C(=C\c1ccc(O)cc1Cl)CC[C@H]1OC[C@H]2C1=C(C)C[C@H]1C(=O)N(C)C(=O)[C@H]12. The number of halogens is 1. The van der Waals surface area contributed by atoms with Crippen molar-refractivity contribution >= 4 is 29.5 Å². The van der Waals surface area contributed by atoms with Gasteiger partial charge in [0.05, 0.1) is 29.6 Å². The highest BCUT2D eigenvalue weighted by atomic mass is 35.5. The van der Waals surface area contributed by atoms with Crippen molar-refractivity contribution in [3.05, 3.63) is 45.5 Å². The third-order valence-electron chi connectivity index (χ3n) is 6.90. The molecule has 160 valence electrons. The predicted molar refractivity (Wildman–Crippen MR) is 116 cm³/mol. The largest absolute Gasteiger partial charge is 0.508 e. The lowest BCUT2D eigenvalue weighted by Crippen LogP contribution is -2.33. The minimum atomic E-state index is -0.261. The molecule has 0 bridgehead atoms. The molecular weight excluding hydrogens is 402 g/mol. The Balaban J connectivity index is 1.50. The highest BCUT2D eigenvalue weighted by Crippen LogP contribution is 2.49. The van der Waals surface area contributed by atoms with Crippen molar-refractivity contribution in [3.63, 3.8) is 0 Å². The number of likely N-dealkylation sites (tertiary alicyclic amines) is 1. The lowest BCUT2D eigenvalue weighted by molar-refractivity contribution is -0.138. The number of rotatable bonds is 5. The molecule has 30 heavy (non-hydrogen) atoms. The van der Waals surface area contributed by atoms with Crippen LogP contribution in [-0.2, 0) is 14.3 Å². The monoisotopic (exact) mass is 429 g/mol. The Morgan fingerprint density at radius 3 is 2.77 bits per heavy atom. The average molecular weight is 430 g/mol. The average Bonchev–Trinajstić information content (AvgIpc) is 3.23. The molecule has 1 aromatic carbocycles. The molecule has 1 aromatic rings. The van der Waals surface area contributed by atoms with Gasteiger partial charge in [0, 0.05) is 13.0 Å². The van der Waals surface area contributed by atoms with Crippen LogP contribution >= 0.6 is 11.6 Å². The van der Waals surface area contributed by atoms with Crippen LogP contribution in [0.25, 0.3) is 6.08 Å². The van der Waals surface area contributed by atoms with Crippen LogP contribution in [0.5, 0.6) is 5.75 Å². The van der Waals surface area contributed by atoms with Gasteiger partial charge in [0.25, 0.3) is 0 Å². The normalized spacial score (nSPS) is 28.9. The van der Waals surface area contributed by atoms with E-state index in [-0.39, 0.29) is 41.4 Å². The van der Waals surface area contributed by atoms with Crippen molar-refractivity contribution in [1.82, 2.24) is 4.90 Å². The molecule has 6 heteroatoms. The number of ether oxygens (including phenoxy) is 1. The zero-order valence-electron chi connectivity index (χ0n) is 17.7. The Bertz CT molecular complexity index is 951. The van der Waals surface area contributed by atoms with Crippen LogP contribution in [0.4, 0.5) is 0 Å². The van der Waals surface area contributed by atoms with Crippen LogP contribution in [0.15, 0.2) is 34.9 Å². The molecule has 3 aliphatic rings. The van der Waals surface area contributed by atoms with Gasteiger partial charge in [0.15, 0.2) is 0 Å². The van der Waals surface area contributed by atoms with Gasteiger partial charge < -0.3 is 9.84 Å². The summed E-state index contributed by atoms with van der Waals surface area (Å²) in [7, 11) is 1.60. The highest BCUT2D eigenvalue weighted by Gasteiger charge is 2.55. The van der Waals surface area contributed by atoms with E-state index in [1.54, 1.807) is 19.2 Å². The number of phenols is 1. The van der Waals surface area contributed by atoms with Crippen LogP contribution in [0.1, 0.15) is 45.1 Å². The first-order chi connectivity index (χ1) is 14.3. The first kappa shape index (κ1) is 21.1. The third-order valence-corrected chi connectivity index (χ3v) is 7.23. The number of imide groups is 1. The van der Waals surface area contributed by atoms with Gasteiger partial charge in [-0.05, 0) is 61.9 Å². The quantitative estimate of drug-likeness (QED) is 0.549. The number of allylic oxidation sites excluding steroid dienone is 2. The van der Waals surface area contributed by atoms with Crippen molar-refractivity contribution in [3.8, 4) is 5.75 Å². The number of aromatic hydroxyl groups is 1. The Kier molecular flexibility index (Phi) is 5.78. The number of benzene rings is 1. The number of carbonyl (C=O) groups is 2. The summed E-state index contributed by atoms with van der Waals surface area (Å²) < 4.78 is 6.16. The number of carbonyl (C=O) groups excluding carboxylic acids is 2. The molecule has 0 aromatic heterocycles. The molecule has 0 saturated carbocycles. The van der Waals surface area contributed by atoms with E-state index in [1.807, 2.05) is 6.07 Å². The first-order valence-electron chi connectivity index (χ1n) is 10.6. The Labute approximate surface area is 182 Å². The molecule has 2 aliphatic heterocycles. The van der Waals surface area contributed by atoms with Gasteiger partial charge in [-0.3, -0.25) is 14.5 Å². The minimum Gasteiger partial charge on any atom is -0.508 e. The number of nitrogens with zero attached hydrogens (tertiary/aromatic N) is 1. The van der Waals surface area contributed by atoms with Gasteiger partial charge in [-0.1, -0.05) is 35.7 Å². The van der Waals surface area contributed by atoms with E-state index in [1.165, 1.54) is 21.6 Å². The van der Waals surface area contributed by atoms with Crippen LogP contribution < -0.4 is 0 Å². The molecule has 1 aliphatic carbocycles. The molecule has 4 rings (SSSR count). The molecule has 2 heterocycles. The predicted octanol–water partition coefficient (Wildman–Crippen LogP) is 4.59. The van der Waals surface area contributed by atoms with Crippen molar-refractivity contribution < 1.29 is 19.4 Å². The number of amides is 2. The summed E-state index contributed by atoms with van der Waals surface area (Å²) in [6.45, 7) is 4.72. The van der Waals surface area contributed by atoms with Gasteiger partial charge in [-0.2, -0.15) is 0 Å². The van der Waals surface area contributed by atoms with Crippen molar-refractivity contribution in [1.29, 1.82) is 0 Å². The fourth-order valence-corrected chi connectivity index (χ4v) is 5.54. The van der Waals surface area contributed by atoms with Gasteiger partial charge in [-0.25, -0.2) is 0 Å². The third kappa shape index (κ3) is 3.58. The smallest absolute Gasteiger partial charge is 0.233 e. The zero-order valence-corrected chi connectivity index (χ0v) is 18.4. The number of hydrogen-bond donors (Lipinski definition) is 1. The summed E-state index contributed by atoms with van der Waals surface area (Å²) in [5.41, 5.74) is 4.61. The summed E-state index contributed by atoms with van der Waals surface area (Å²) in [6.07, 6.45) is 5.34. The number of phenolic OH excluding ortho intramolecular Hbond substituents is 1. The van der Waals surface area contributed by atoms with Crippen molar-refractivity contribution in [2.45, 2.75) is 45.6 Å². The first-order valence-corrected chi connectivity index (χ1v) is 11.0. The highest BCUT2D eigenvalue weighted by molar-refractivity contribution is 6.32. The van der Waals surface area contributed by atoms with E-state index >= 15 is 0 Å². The van der Waals surface area contributed by atoms with Gasteiger partial charge in [0.1, 0.15) is 5.75 Å². The summed E-state index contributed by atoms with van der Waals surface area (Å²) in [6, 6.07) is 5.01. The van der Waals surface area contributed by atoms with Gasteiger partial charge >= 0.3 is 0 Å². The van der Waals surface area contributed by atoms with E-state index in [4.69, 9.17) is 16.3 Å². The molecule has 2 fully saturated rings. The van der Waals surface area contributed by atoms with E-state index in [9.17, 15) is 14.7 Å². The maximum absolute atomic E-state index is 12.7. The van der Waals surface area contributed by atoms with Crippen molar-refractivity contribution in [2.75, 3.05) is 13.7 Å². The molecule has 0 unspecified atom stereocenters. The van der Waals surface area contributed by atoms with E-state index in [0.717, 1.165) is 24.8 Å². The Hall–Kier alpha value is -2.11. The second-order valence-electron chi connectivity index (χ2n) is 8.64. The maximum Gasteiger partial charge on any atom is 0.233 e. The molecule has 2 saturated heterocycles. The second kappa shape index (κ2) is 8.20. The topological polar surface area (TPSA) is 66.8 Å². The summed E-state index contributed by atoms with van der Waals surface area (Å²) >= 11 is 6.26. The van der Waals surface area contributed by atoms with E-state index < -0.39 is 0 Å². The molecular formula is C24H28ClNO4. The summed E-state index contributed by atoms with van der Waals surface area (Å²) in [4.78, 5) is 26.4. The molecule has 1 N–H and O–H groups in total. The molecule has 5 nitrogen and oxygen atoms in total. The lowest BCUT2D eigenvalue weighted by atomic mass is 9.70. The maximum atomic E-state index is 12.7. The van der Waals surface area contributed by atoms with Crippen molar-refractivity contribution in [2.24, 2.45) is 17.8 Å². The second-order valence-corrected chi connectivity index (χ2v) is 9.04. The number of fused-ring (bicyclic) bond motifs is 3. The van der Waals surface area contributed by atoms with Crippen LogP contribution in [0.2, 0.25) is 5.02 Å². The van der Waals surface area contributed by atoms with Crippen LogP contribution in [-0.4, -0.2) is 41.6 Å². The Morgan fingerprint density at radius 1 is 1.30 bits per heavy atom. The van der Waals surface area contributed by atoms with Gasteiger partial charge in [-0.15, -0.1) is 0 Å². The lowest BCUT2D eigenvalue weighted by Gasteiger charge is -2.30. The fraction of sp³-hybridized carbons (Fsp3) is 0.500. The van der Waals surface area contributed by atoms with Crippen LogP contribution in [0, 0.1) is 17.8 Å².